The van der Waals surface area contributed by atoms with E-state index in [2.05, 4.69) is 38.2 Å². The zero-order valence-electron chi connectivity index (χ0n) is 13.5. The van der Waals surface area contributed by atoms with Gasteiger partial charge in [-0.25, -0.2) is 0 Å². The molecule has 1 aliphatic carbocycles. The van der Waals surface area contributed by atoms with Gasteiger partial charge in [0.2, 0.25) is 5.91 Å². The van der Waals surface area contributed by atoms with Gasteiger partial charge in [-0.1, -0.05) is 45.7 Å². The van der Waals surface area contributed by atoms with Gasteiger partial charge in [0.25, 0.3) is 0 Å². The molecular weight excluding hydrogens is 260 g/mol. The molecule has 0 heterocycles. The molecule has 1 amide bonds. The second-order valence-electron chi connectivity index (χ2n) is 6.74. The molecule has 3 heteroatoms. The highest BCUT2D eigenvalue weighted by molar-refractivity contribution is 5.98. The zero-order valence-corrected chi connectivity index (χ0v) is 13.5. The van der Waals surface area contributed by atoms with Gasteiger partial charge in [0.15, 0.2) is 0 Å². The maximum Gasteiger partial charge on any atom is 0.244 e. The summed E-state index contributed by atoms with van der Waals surface area (Å²) in [7, 11) is 0. The molecule has 3 unspecified atom stereocenters. The van der Waals surface area contributed by atoms with Crippen molar-refractivity contribution in [2.75, 3.05) is 5.32 Å². The molecule has 0 aromatic heterocycles. The molecule has 0 saturated heterocycles. The van der Waals surface area contributed by atoms with Gasteiger partial charge in [0, 0.05) is 5.69 Å². The number of rotatable bonds is 4. The van der Waals surface area contributed by atoms with Crippen LogP contribution in [0.1, 0.15) is 64.4 Å². The molecule has 21 heavy (non-hydrogen) atoms. The van der Waals surface area contributed by atoms with Crippen LogP contribution in [0.3, 0.4) is 0 Å². The number of nitrogens with one attached hydrogen (secondary N) is 1. The fraction of sp³-hybridized carbons (Fsp3) is 0.611. The van der Waals surface area contributed by atoms with Crippen LogP contribution >= 0.6 is 0 Å². The van der Waals surface area contributed by atoms with E-state index >= 15 is 0 Å². The van der Waals surface area contributed by atoms with E-state index in [1.54, 1.807) is 0 Å². The van der Waals surface area contributed by atoms with Crippen LogP contribution in [0, 0.1) is 5.92 Å². The number of carbonyl (C=O) groups is 1. The van der Waals surface area contributed by atoms with Crippen molar-refractivity contribution in [1.82, 2.24) is 0 Å². The molecule has 0 aliphatic heterocycles. The number of hydrogen-bond donors (Lipinski definition) is 2. The predicted octanol–water partition coefficient (Wildman–Crippen LogP) is 4.05. The van der Waals surface area contributed by atoms with Crippen LogP contribution in [0.5, 0.6) is 0 Å². The summed E-state index contributed by atoms with van der Waals surface area (Å²) in [5, 5.41) is 2.99. The van der Waals surface area contributed by atoms with Crippen molar-refractivity contribution in [2.45, 2.75) is 64.3 Å². The zero-order chi connectivity index (χ0) is 15.5. The molecule has 3 N–H and O–H groups in total. The Bertz CT molecular complexity index is 482. The van der Waals surface area contributed by atoms with Gasteiger partial charge < -0.3 is 11.1 Å². The summed E-state index contributed by atoms with van der Waals surface area (Å²) in [4.78, 5) is 12.5. The van der Waals surface area contributed by atoms with E-state index in [0.717, 1.165) is 31.4 Å². The summed E-state index contributed by atoms with van der Waals surface area (Å²) in [5.41, 5.74) is 7.78. The van der Waals surface area contributed by atoms with E-state index in [-0.39, 0.29) is 5.91 Å². The summed E-state index contributed by atoms with van der Waals surface area (Å²) in [6.07, 6.45) is 4.90. The lowest BCUT2D eigenvalue weighted by molar-refractivity contribution is -0.122. The maximum atomic E-state index is 12.5. The Morgan fingerprint density at radius 3 is 2.67 bits per heavy atom. The highest BCUT2D eigenvalue weighted by atomic mass is 16.2. The maximum absolute atomic E-state index is 12.5. The average Bonchev–Trinajstić information content (AvgIpc) is 2.47. The monoisotopic (exact) mass is 288 g/mol. The van der Waals surface area contributed by atoms with Crippen LogP contribution in [0.2, 0.25) is 0 Å². The molecule has 3 nitrogen and oxygen atoms in total. The van der Waals surface area contributed by atoms with Crippen molar-refractivity contribution in [3.05, 3.63) is 29.8 Å². The Hall–Kier alpha value is -1.35. The van der Waals surface area contributed by atoms with Crippen molar-refractivity contribution in [3.63, 3.8) is 0 Å². The van der Waals surface area contributed by atoms with Gasteiger partial charge >= 0.3 is 0 Å². The smallest absolute Gasteiger partial charge is 0.244 e. The first-order chi connectivity index (χ1) is 9.94. The van der Waals surface area contributed by atoms with Gasteiger partial charge in [0.1, 0.15) is 0 Å². The minimum absolute atomic E-state index is 0.0367. The fourth-order valence-electron chi connectivity index (χ4n) is 3.18. The number of amides is 1. The van der Waals surface area contributed by atoms with E-state index in [9.17, 15) is 4.79 Å². The number of carbonyl (C=O) groups excluding carboxylic acids is 1. The molecule has 1 aromatic carbocycles. The van der Waals surface area contributed by atoms with Gasteiger partial charge in [-0.15, -0.1) is 0 Å². The second kappa shape index (κ2) is 6.61. The van der Waals surface area contributed by atoms with E-state index in [1.165, 1.54) is 12.0 Å². The molecule has 116 valence electrons. The highest BCUT2D eigenvalue weighted by Gasteiger charge is 2.37. The SMILES string of the molecule is CCC(C)c1ccc(NC(=O)C2(N)CCCC(C)C2)cc1. The number of anilines is 1. The van der Waals surface area contributed by atoms with Crippen LogP contribution < -0.4 is 11.1 Å². The second-order valence-corrected chi connectivity index (χ2v) is 6.74. The topological polar surface area (TPSA) is 55.1 Å². The Labute approximate surface area is 128 Å². The molecule has 0 radical (unpaired) electrons. The van der Waals surface area contributed by atoms with Crippen LogP contribution in [0.25, 0.3) is 0 Å². The van der Waals surface area contributed by atoms with E-state index < -0.39 is 5.54 Å². The van der Waals surface area contributed by atoms with Gasteiger partial charge in [-0.2, -0.15) is 0 Å². The third-order valence-corrected chi connectivity index (χ3v) is 4.83. The lowest BCUT2D eigenvalue weighted by Gasteiger charge is -2.35. The van der Waals surface area contributed by atoms with Crippen molar-refractivity contribution in [1.29, 1.82) is 0 Å². The molecule has 1 aliphatic rings. The molecule has 1 aromatic rings. The third-order valence-electron chi connectivity index (χ3n) is 4.83. The Balaban J connectivity index is 2.02. The van der Waals surface area contributed by atoms with Crippen LogP contribution in [-0.2, 0) is 4.79 Å². The van der Waals surface area contributed by atoms with E-state index in [0.29, 0.717) is 11.8 Å². The summed E-state index contributed by atoms with van der Waals surface area (Å²) in [6, 6.07) is 8.15. The lowest BCUT2D eigenvalue weighted by atomic mass is 9.76. The quantitative estimate of drug-likeness (QED) is 0.878. The first-order valence-electron chi connectivity index (χ1n) is 8.15. The van der Waals surface area contributed by atoms with Crippen molar-refractivity contribution >= 4 is 11.6 Å². The normalized spacial score (nSPS) is 27.1. The molecular formula is C18H28N2O. The summed E-state index contributed by atoms with van der Waals surface area (Å²) in [5.74, 6) is 1.04. The molecule has 0 bridgehead atoms. The first kappa shape index (κ1) is 16.0. The minimum atomic E-state index is -0.701. The number of nitrogens with two attached hydrogens (primary N) is 1. The molecule has 1 fully saturated rings. The minimum Gasteiger partial charge on any atom is -0.324 e. The standard InChI is InChI=1S/C18H28N2O/c1-4-14(3)15-7-9-16(10-8-15)20-17(21)18(19)11-5-6-13(2)12-18/h7-10,13-14H,4-6,11-12,19H2,1-3H3,(H,20,21). The summed E-state index contributed by atoms with van der Waals surface area (Å²) < 4.78 is 0. The van der Waals surface area contributed by atoms with Crippen LogP contribution in [0.4, 0.5) is 5.69 Å². The Morgan fingerprint density at radius 1 is 1.43 bits per heavy atom. The van der Waals surface area contributed by atoms with Crippen molar-refractivity contribution in [3.8, 4) is 0 Å². The first-order valence-corrected chi connectivity index (χ1v) is 8.15. The highest BCUT2D eigenvalue weighted by Crippen LogP contribution is 2.31. The van der Waals surface area contributed by atoms with Crippen molar-refractivity contribution in [2.24, 2.45) is 11.7 Å². The predicted molar refractivity (Wildman–Crippen MR) is 88.3 cm³/mol. The van der Waals surface area contributed by atoms with Gasteiger partial charge in [0.05, 0.1) is 5.54 Å². The molecule has 2 rings (SSSR count). The van der Waals surface area contributed by atoms with Gasteiger partial charge in [-0.3, -0.25) is 4.79 Å². The third kappa shape index (κ3) is 3.85. The number of hydrogen-bond acceptors (Lipinski definition) is 2. The molecule has 1 saturated carbocycles. The number of benzene rings is 1. The summed E-state index contributed by atoms with van der Waals surface area (Å²) in [6.45, 7) is 6.57. The molecule has 3 atom stereocenters. The Kier molecular flexibility index (Phi) is 5.04. The largest absolute Gasteiger partial charge is 0.324 e. The van der Waals surface area contributed by atoms with Crippen molar-refractivity contribution < 1.29 is 4.79 Å². The molecule has 0 spiro atoms. The van der Waals surface area contributed by atoms with E-state index in [4.69, 9.17) is 5.73 Å². The lowest BCUT2D eigenvalue weighted by Crippen LogP contribution is -2.53. The van der Waals surface area contributed by atoms with Crippen LogP contribution in [0.15, 0.2) is 24.3 Å². The van der Waals surface area contributed by atoms with Gasteiger partial charge in [-0.05, 0) is 48.8 Å². The average molecular weight is 288 g/mol. The Morgan fingerprint density at radius 2 is 2.10 bits per heavy atom. The van der Waals surface area contributed by atoms with Crippen LogP contribution in [-0.4, -0.2) is 11.4 Å². The summed E-state index contributed by atoms with van der Waals surface area (Å²) >= 11 is 0. The van der Waals surface area contributed by atoms with E-state index in [1.807, 2.05) is 12.1 Å². The fourth-order valence-corrected chi connectivity index (χ4v) is 3.18.